The first-order chi connectivity index (χ1) is 9.69. The van der Waals surface area contributed by atoms with E-state index in [0.717, 1.165) is 37.4 Å². The maximum Gasteiger partial charge on any atom is 0.248 e. The molecule has 1 aromatic rings. The lowest BCUT2D eigenvalue weighted by atomic mass is 9.99. The molecule has 1 aliphatic heterocycles. The predicted octanol–water partition coefficient (Wildman–Crippen LogP) is 1.65. The third-order valence-electron chi connectivity index (χ3n) is 3.49. The Morgan fingerprint density at radius 1 is 1.55 bits per heavy atom. The molecule has 1 saturated heterocycles. The van der Waals surface area contributed by atoms with Crippen molar-refractivity contribution in [3.8, 4) is 5.75 Å². The van der Waals surface area contributed by atoms with Crippen molar-refractivity contribution >= 4 is 5.91 Å². The van der Waals surface area contributed by atoms with Gasteiger partial charge < -0.3 is 14.4 Å². The van der Waals surface area contributed by atoms with E-state index in [1.807, 2.05) is 24.0 Å². The van der Waals surface area contributed by atoms with E-state index in [-0.39, 0.29) is 12.5 Å². The number of pyridine rings is 1. The van der Waals surface area contributed by atoms with Crippen LogP contribution in [0, 0.1) is 12.8 Å². The molecule has 0 N–H and O–H groups in total. The average molecular weight is 278 g/mol. The Kier molecular flexibility index (Phi) is 5.35. The first-order valence-electron chi connectivity index (χ1n) is 7.01. The predicted molar refractivity (Wildman–Crippen MR) is 75.6 cm³/mol. The van der Waals surface area contributed by atoms with Crippen molar-refractivity contribution in [2.75, 3.05) is 33.4 Å². The summed E-state index contributed by atoms with van der Waals surface area (Å²) in [5.41, 5.74) is 0.947. The molecule has 1 atom stereocenters. The van der Waals surface area contributed by atoms with Gasteiger partial charge >= 0.3 is 0 Å². The molecule has 5 heteroatoms. The molecule has 1 amide bonds. The van der Waals surface area contributed by atoms with E-state index >= 15 is 0 Å². The number of aryl methyl sites for hydroxylation is 1. The van der Waals surface area contributed by atoms with Gasteiger partial charge in [-0.2, -0.15) is 0 Å². The summed E-state index contributed by atoms with van der Waals surface area (Å²) in [6.45, 7) is 4.33. The van der Waals surface area contributed by atoms with Gasteiger partial charge in [-0.05, 0) is 25.8 Å². The van der Waals surface area contributed by atoms with Gasteiger partial charge in [0.05, 0.1) is 6.61 Å². The number of amides is 1. The summed E-state index contributed by atoms with van der Waals surface area (Å²) in [6, 6.07) is 3.79. The lowest BCUT2D eigenvalue weighted by molar-refractivity contribution is -0.137. The molecule has 0 spiro atoms. The number of nitrogens with zero attached hydrogens (tertiary/aromatic N) is 2. The molecule has 5 nitrogen and oxygen atoms in total. The molecule has 1 unspecified atom stereocenters. The Hall–Kier alpha value is -1.62. The zero-order valence-corrected chi connectivity index (χ0v) is 12.2. The van der Waals surface area contributed by atoms with E-state index in [1.54, 1.807) is 13.3 Å². The molecule has 0 saturated carbocycles. The second-order valence-electron chi connectivity index (χ2n) is 5.22. The van der Waals surface area contributed by atoms with Gasteiger partial charge in [0.2, 0.25) is 5.91 Å². The van der Waals surface area contributed by atoms with E-state index in [0.29, 0.717) is 12.5 Å². The summed E-state index contributed by atoms with van der Waals surface area (Å²) in [6.07, 6.45) is 3.87. The third kappa shape index (κ3) is 4.20. The van der Waals surface area contributed by atoms with Crippen LogP contribution in [-0.2, 0) is 9.53 Å². The topological polar surface area (TPSA) is 51.7 Å². The molecule has 20 heavy (non-hydrogen) atoms. The van der Waals surface area contributed by atoms with Crippen LogP contribution in [0.15, 0.2) is 18.3 Å². The van der Waals surface area contributed by atoms with Gasteiger partial charge in [-0.15, -0.1) is 0 Å². The van der Waals surface area contributed by atoms with Gasteiger partial charge in [-0.1, -0.05) is 0 Å². The highest BCUT2D eigenvalue weighted by Crippen LogP contribution is 2.19. The van der Waals surface area contributed by atoms with E-state index in [9.17, 15) is 4.79 Å². The number of likely N-dealkylation sites (tertiary alicyclic amines) is 1. The van der Waals surface area contributed by atoms with Crippen LogP contribution in [0.4, 0.5) is 0 Å². The molecule has 0 aromatic carbocycles. The molecule has 2 rings (SSSR count). The smallest absolute Gasteiger partial charge is 0.248 e. The Balaban J connectivity index is 1.82. The molecule has 0 aliphatic carbocycles. The highest BCUT2D eigenvalue weighted by Gasteiger charge is 2.23. The Labute approximate surface area is 119 Å². The quantitative estimate of drug-likeness (QED) is 0.822. The van der Waals surface area contributed by atoms with Crippen molar-refractivity contribution in [3.63, 3.8) is 0 Å². The number of hydrogen-bond acceptors (Lipinski definition) is 4. The van der Waals surface area contributed by atoms with Crippen molar-refractivity contribution < 1.29 is 14.3 Å². The van der Waals surface area contributed by atoms with Crippen LogP contribution < -0.4 is 4.74 Å². The van der Waals surface area contributed by atoms with Crippen LogP contribution in [0.25, 0.3) is 0 Å². The number of aromatic nitrogens is 1. The fourth-order valence-corrected chi connectivity index (χ4v) is 2.47. The number of carbonyl (C=O) groups is 1. The molecular weight excluding hydrogens is 256 g/mol. The zero-order valence-electron chi connectivity index (χ0n) is 12.2. The number of ether oxygens (including phenoxy) is 2. The number of rotatable bonds is 5. The van der Waals surface area contributed by atoms with Crippen molar-refractivity contribution in [2.45, 2.75) is 19.8 Å². The molecular formula is C15H22N2O3. The minimum atomic E-state index is 0.0666. The minimum absolute atomic E-state index is 0.0666. The Bertz CT molecular complexity index is 450. The molecule has 1 aromatic heterocycles. The van der Waals surface area contributed by atoms with E-state index in [4.69, 9.17) is 9.47 Å². The molecule has 0 radical (unpaired) electrons. The van der Waals surface area contributed by atoms with Crippen LogP contribution in [0.2, 0.25) is 0 Å². The largest absolute Gasteiger partial charge is 0.493 e. The molecule has 110 valence electrons. The SMILES string of the molecule is COCC(=O)N1CCCC(COc2ccnc(C)c2)C1. The van der Waals surface area contributed by atoms with Gasteiger partial charge in [-0.25, -0.2) is 0 Å². The van der Waals surface area contributed by atoms with Gasteiger partial charge in [0.15, 0.2) is 0 Å². The molecule has 0 bridgehead atoms. The summed E-state index contributed by atoms with van der Waals surface area (Å²) in [5.74, 6) is 1.30. The highest BCUT2D eigenvalue weighted by atomic mass is 16.5. The number of piperidine rings is 1. The number of hydrogen-bond donors (Lipinski definition) is 0. The maximum atomic E-state index is 11.8. The minimum Gasteiger partial charge on any atom is -0.493 e. The highest BCUT2D eigenvalue weighted by molar-refractivity contribution is 5.77. The normalized spacial score (nSPS) is 18.9. The van der Waals surface area contributed by atoms with Crippen LogP contribution in [0.1, 0.15) is 18.5 Å². The van der Waals surface area contributed by atoms with E-state index in [1.165, 1.54) is 0 Å². The lowest BCUT2D eigenvalue weighted by Crippen LogP contribution is -2.43. The molecule has 1 fully saturated rings. The molecule has 2 heterocycles. The van der Waals surface area contributed by atoms with Crippen molar-refractivity contribution in [1.82, 2.24) is 9.88 Å². The Morgan fingerprint density at radius 2 is 2.40 bits per heavy atom. The fraction of sp³-hybridized carbons (Fsp3) is 0.600. The second kappa shape index (κ2) is 7.24. The van der Waals surface area contributed by atoms with E-state index in [2.05, 4.69) is 4.98 Å². The summed E-state index contributed by atoms with van der Waals surface area (Å²) in [7, 11) is 1.55. The summed E-state index contributed by atoms with van der Waals surface area (Å²) >= 11 is 0. The van der Waals surface area contributed by atoms with Crippen molar-refractivity contribution in [1.29, 1.82) is 0 Å². The first-order valence-corrected chi connectivity index (χ1v) is 7.01. The summed E-state index contributed by atoms with van der Waals surface area (Å²) in [5, 5.41) is 0. The molecule has 1 aliphatic rings. The summed E-state index contributed by atoms with van der Waals surface area (Å²) < 4.78 is 10.7. The lowest BCUT2D eigenvalue weighted by Gasteiger charge is -2.32. The van der Waals surface area contributed by atoms with Crippen LogP contribution in [0.5, 0.6) is 5.75 Å². The Morgan fingerprint density at radius 3 is 3.15 bits per heavy atom. The van der Waals surface area contributed by atoms with E-state index < -0.39 is 0 Å². The second-order valence-corrected chi connectivity index (χ2v) is 5.22. The van der Waals surface area contributed by atoms with Gasteiger partial charge in [-0.3, -0.25) is 9.78 Å². The van der Waals surface area contributed by atoms with Crippen LogP contribution in [-0.4, -0.2) is 49.2 Å². The van der Waals surface area contributed by atoms with Gasteiger partial charge in [0.25, 0.3) is 0 Å². The standard InChI is InChI=1S/C15H22N2O3/c1-12-8-14(5-6-16-12)20-10-13-4-3-7-17(9-13)15(18)11-19-2/h5-6,8,13H,3-4,7,9-11H2,1-2H3. The first kappa shape index (κ1) is 14.8. The van der Waals surface area contributed by atoms with Crippen molar-refractivity contribution in [2.24, 2.45) is 5.92 Å². The monoisotopic (exact) mass is 278 g/mol. The zero-order chi connectivity index (χ0) is 14.4. The number of methoxy groups -OCH3 is 1. The van der Waals surface area contributed by atoms with Gasteiger partial charge in [0.1, 0.15) is 12.4 Å². The van der Waals surface area contributed by atoms with Crippen LogP contribution in [0.3, 0.4) is 0 Å². The van der Waals surface area contributed by atoms with Crippen LogP contribution >= 0.6 is 0 Å². The van der Waals surface area contributed by atoms with Gasteiger partial charge in [0, 0.05) is 44.1 Å². The van der Waals surface area contributed by atoms with Crippen molar-refractivity contribution in [3.05, 3.63) is 24.0 Å². The maximum absolute atomic E-state index is 11.8. The average Bonchev–Trinajstić information content (AvgIpc) is 2.46. The fourth-order valence-electron chi connectivity index (χ4n) is 2.47. The number of carbonyl (C=O) groups excluding carboxylic acids is 1. The summed E-state index contributed by atoms with van der Waals surface area (Å²) in [4.78, 5) is 17.8. The third-order valence-corrected chi connectivity index (χ3v) is 3.49.